The topological polar surface area (TPSA) is 75.6 Å². The van der Waals surface area contributed by atoms with Gasteiger partial charge < -0.3 is 15.2 Å². The molecule has 1 aromatic carbocycles. The van der Waals surface area contributed by atoms with Crippen molar-refractivity contribution in [2.75, 3.05) is 19.8 Å². The van der Waals surface area contributed by atoms with Gasteiger partial charge in [-0.2, -0.15) is 0 Å². The second-order valence-electron chi connectivity index (χ2n) is 3.30. The molecular weight excluding hydrogens is 265 g/mol. The lowest BCUT2D eigenvalue weighted by Crippen LogP contribution is -2.28. The molecule has 0 radical (unpaired) electrons. The van der Waals surface area contributed by atoms with Gasteiger partial charge in [-0.3, -0.25) is 4.79 Å². The second-order valence-corrected chi connectivity index (χ2v) is 3.71. The molecule has 0 aromatic heterocycles. The van der Waals surface area contributed by atoms with Gasteiger partial charge in [0.25, 0.3) is 5.91 Å². The van der Waals surface area contributed by atoms with Crippen LogP contribution in [-0.4, -0.2) is 36.7 Å². The third kappa shape index (κ3) is 4.31. The van der Waals surface area contributed by atoms with Gasteiger partial charge in [0.2, 0.25) is 0 Å². The number of halogens is 2. The summed E-state index contributed by atoms with van der Waals surface area (Å²) in [5.41, 5.74) is -0.166. The van der Waals surface area contributed by atoms with Crippen molar-refractivity contribution in [1.29, 1.82) is 0 Å². The van der Waals surface area contributed by atoms with Crippen LogP contribution in [0, 0.1) is 5.82 Å². The van der Waals surface area contributed by atoms with E-state index in [1.807, 2.05) is 0 Å². The summed E-state index contributed by atoms with van der Waals surface area (Å²) in [5, 5.41) is 10.5. The molecule has 98 valence electrons. The zero-order valence-electron chi connectivity index (χ0n) is 9.28. The SMILES string of the molecule is O=C(O)COCCNC(=O)c1cccc(Cl)c1F. The monoisotopic (exact) mass is 275 g/mol. The molecule has 0 saturated heterocycles. The number of benzene rings is 1. The predicted molar refractivity (Wildman–Crippen MR) is 62.2 cm³/mol. The van der Waals surface area contributed by atoms with E-state index in [2.05, 4.69) is 5.32 Å². The van der Waals surface area contributed by atoms with Crippen LogP contribution >= 0.6 is 11.6 Å². The van der Waals surface area contributed by atoms with E-state index in [1.165, 1.54) is 18.2 Å². The number of carbonyl (C=O) groups excluding carboxylic acids is 1. The molecule has 18 heavy (non-hydrogen) atoms. The minimum atomic E-state index is -1.10. The van der Waals surface area contributed by atoms with Crippen LogP contribution in [0.1, 0.15) is 10.4 Å². The Hall–Kier alpha value is -1.66. The highest BCUT2D eigenvalue weighted by atomic mass is 35.5. The van der Waals surface area contributed by atoms with E-state index < -0.39 is 24.3 Å². The van der Waals surface area contributed by atoms with Gasteiger partial charge in [0, 0.05) is 6.54 Å². The lowest BCUT2D eigenvalue weighted by molar-refractivity contribution is -0.142. The molecule has 0 unspecified atom stereocenters. The summed E-state index contributed by atoms with van der Waals surface area (Å²) < 4.78 is 18.1. The molecule has 0 saturated carbocycles. The Morgan fingerprint density at radius 1 is 1.44 bits per heavy atom. The number of hydrogen-bond donors (Lipinski definition) is 2. The van der Waals surface area contributed by atoms with Crippen molar-refractivity contribution in [2.24, 2.45) is 0 Å². The summed E-state index contributed by atoms with van der Waals surface area (Å²) >= 11 is 5.53. The summed E-state index contributed by atoms with van der Waals surface area (Å²) in [7, 11) is 0. The van der Waals surface area contributed by atoms with E-state index >= 15 is 0 Å². The first-order valence-corrected chi connectivity index (χ1v) is 5.42. The second kappa shape index (κ2) is 6.93. The molecule has 0 atom stereocenters. The molecular formula is C11H11ClFNO4. The third-order valence-corrected chi connectivity index (χ3v) is 2.25. The fourth-order valence-corrected chi connectivity index (χ4v) is 1.35. The molecule has 0 bridgehead atoms. The van der Waals surface area contributed by atoms with Crippen molar-refractivity contribution >= 4 is 23.5 Å². The first-order chi connectivity index (χ1) is 8.52. The summed E-state index contributed by atoms with van der Waals surface area (Å²) in [6.07, 6.45) is 0. The van der Waals surface area contributed by atoms with E-state index in [-0.39, 0.29) is 23.7 Å². The molecule has 0 aliphatic carbocycles. The average Bonchev–Trinajstić information content (AvgIpc) is 2.31. The lowest BCUT2D eigenvalue weighted by atomic mass is 10.2. The van der Waals surface area contributed by atoms with Crippen LogP contribution in [-0.2, 0) is 9.53 Å². The van der Waals surface area contributed by atoms with Crippen LogP contribution in [0.25, 0.3) is 0 Å². The highest BCUT2D eigenvalue weighted by molar-refractivity contribution is 6.31. The highest BCUT2D eigenvalue weighted by Gasteiger charge is 2.13. The minimum Gasteiger partial charge on any atom is -0.480 e. The standard InChI is InChI=1S/C11H11ClFNO4/c12-8-3-1-2-7(10(8)13)11(17)14-4-5-18-6-9(15)16/h1-3H,4-6H2,(H,14,17)(H,15,16). The van der Waals surface area contributed by atoms with Gasteiger partial charge in [0.1, 0.15) is 6.61 Å². The van der Waals surface area contributed by atoms with E-state index in [9.17, 15) is 14.0 Å². The third-order valence-electron chi connectivity index (χ3n) is 1.95. The number of carboxylic acid groups (broad SMARTS) is 1. The normalized spacial score (nSPS) is 10.1. The van der Waals surface area contributed by atoms with E-state index in [0.29, 0.717) is 0 Å². The molecule has 0 aliphatic rings. The van der Waals surface area contributed by atoms with Crippen LogP contribution in [0.15, 0.2) is 18.2 Å². The van der Waals surface area contributed by atoms with Crippen LogP contribution < -0.4 is 5.32 Å². The molecule has 1 amide bonds. The first kappa shape index (κ1) is 14.4. The number of hydrogen-bond acceptors (Lipinski definition) is 3. The maximum absolute atomic E-state index is 13.4. The Morgan fingerprint density at radius 3 is 2.83 bits per heavy atom. The Balaban J connectivity index is 2.41. The minimum absolute atomic E-state index is 0.0280. The molecule has 1 rings (SSSR count). The maximum Gasteiger partial charge on any atom is 0.329 e. The number of carbonyl (C=O) groups is 2. The van der Waals surface area contributed by atoms with E-state index in [1.54, 1.807) is 0 Å². The maximum atomic E-state index is 13.4. The number of rotatable bonds is 6. The van der Waals surface area contributed by atoms with Crippen LogP contribution in [0.4, 0.5) is 4.39 Å². The van der Waals surface area contributed by atoms with Gasteiger partial charge in [0.05, 0.1) is 17.2 Å². The lowest BCUT2D eigenvalue weighted by Gasteiger charge is -2.06. The number of aliphatic carboxylic acids is 1. The Kier molecular flexibility index (Phi) is 5.54. The van der Waals surface area contributed by atoms with Crippen LogP contribution in [0.5, 0.6) is 0 Å². The summed E-state index contributed by atoms with van der Waals surface area (Å²) in [4.78, 5) is 21.7. The molecule has 0 fully saturated rings. The van der Waals surface area contributed by atoms with Crippen LogP contribution in [0.3, 0.4) is 0 Å². The van der Waals surface area contributed by atoms with Gasteiger partial charge in [-0.05, 0) is 12.1 Å². The number of amides is 1. The zero-order valence-corrected chi connectivity index (χ0v) is 10.0. The quantitative estimate of drug-likeness (QED) is 0.768. The van der Waals surface area contributed by atoms with E-state index in [0.717, 1.165) is 0 Å². The van der Waals surface area contributed by atoms with Gasteiger partial charge in [-0.25, -0.2) is 9.18 Å². The summed E-state index contributed by atoms with van der Waals surface area (Å²) in [6, 6.07) is 4.10. The van der Waals surface area contributed by atoms with Crippen molar-refractivity contribution in [2.45, 2.75) is 0 Å². The average molecular weight is 276 g/mol. The Labute approximate surface area is 108 Å². The number of nitrogens with one attached hydrogen (secondary N) is 1. The number of ether oxygens (including phenoxy) is 1. The summed E-state index contributed by atoms with van der Waals surface area (Å²) in [6.45, 7) is -0.334. The highest BCUT2D eigenvalue weighted by Crippen LogP contribution is 2.17. The Bertz CT molecular complexity index is 453. The fraction of sp³-hybridized carbons (Fsp3) is 0.273. The van der Waals surface area contributed by atoms with Crippen molar-refractivity contribution in [3.63, 3.8) is 0 Å². The molecule has 0 aliphatic heterocycles. The molecule has 2 N–H and O–H groups in total. The number of carboxylic acids is 1. The van der Waals surface area contributed by atoms with Crippen molar-refractivity contribution in [3.8, 4) is 0 Å². The van der Waals surface area contributed by atoms with Gasteiger partial charge in [-0.15, -0.1) is 0 Å². The molecule has 1 aromatic rings. The molecule has 7 heteroatoms. The van der Waals surface area contributed by atoms with Gasteiger partial charge in [0.15, 0.2) is 5.82 Å². The summed E-state index contributed by atoms with van der Waals surface area (Å²) in [5.74, 6) is -2.51. The zero-order chi connectivity index (χ0) is 13.5. The van der Waals surface area contributed by atoms with Crippen molar-refractivity contribution in [1.82, 2.24) is 5.32 Å². The molecule has 0 spiro atoms. The first-order valence-electron chi connectivity index (χ1n) is 5.04. The smallest absolute Gasteiger partial charge is 0.329 e. The van der Waals surface area contributed by atoms with Crippen molar-refractivity contribution in [3.05, 3.63) is 34.6 Å². The predicted octanol–water partition coefficient (Wildman–Crippen LogP) is 1.31. The Morgan fingerprint density at radius 2 is 2.17 bits per heavy atom. The fourth-order valence-electron chi connectivity index (χ4n) is 1.17. The van der Waals surface area contributed by atoms with E-state index in [4.69, 9.17) is 21.4 Å². The van der Waals surface area contributed by atoms with Crippen LogP contribution in [0.2, 0.25) is 5.02 Å². The van der Waals surface area contributed by atoms with Gasteiger partial charge >= 0.3 is 5.97 Å². The largest absolute Gasteiger partial charge is 0.480 e. The van der Waals surface area contributed by atoms with Gasteiger partial charge in [-0.1, -0.05) is 17.7 Å². The van der Waals surface area contributed by atoms with Crippen molar-refractivity contribution < 1.29 is 23.8 Å². The molecule has 5 nitrogen and oxygen atoms in total. The molecule has 0 heterocycles.